The highest BCUT2D eigenvalue weighted by molar-refractivity contribution is 6.30. The van der Waals surface area contributed by atoms with Crippen LogP contribution in [-0.4, -0.2) is 22.1 Å². The van der Waals surface area contributed by atoms with Crippen molar-refractivity contribution < 1.29 is 14.6 Å². The molecule has 0 fully saturated rings. The molecule has 0 bridgehead atoms. The zero-order valence-corrected chi connectivity index (χ0v) is 17.1. The first kappa shape index (κ1) is 19.7. The van der Waals surface area contributed by atoms with Gasteiger partial charge in [-0.1, -0.05) is 48.9 Å². The molecule has 0 saturated carbocycles. The van der Waals surface area contributed by atoms with E-state index in [1.165, 1.54) is 0 Å². The lowest BCUT2D eigenvalue weighted by molar-refractivity contribution is -0.158. The van der Waals surface area contributed by atoms with Gasteiger partial charge >= 0.3 is 0 Å². The van der Waals surface area contributed by atoms with Crippen LogP contribution in [0, 0.1) is 0 Å². The lowest BCUT2D eigenvalue weighted by Crippen LogP contribution is -2.49. The van der Waals surface area contributed by atoms with E-state index >= 15 is 0 Å². The molecule has 1 N–H and O–H groups in total. The summed E-state index contributed by atoms with van der Waals surface area (Å²) in [5, 5.41) is 11.5. The quantitative estimate of drug-likeness (QED) is 0.706. The SMILES string of the molecule is CCc1cc(-c2cccc(Cl)c2)ccc1C1=C(O)C(C)(C)OC(C)(C)C1=O. The first-order chi connectivity index (χ1) is 12.6. The van der Waals surface area contributed by atoms with Crippen molar-refractivity contribution in [2.24, 2.45) is 0 Å². The van der Waals surface area contributed by atoms with Gasteiger partial charge in [-0.25, -0.2) is 0 Å². The topological polar surface area (TPSA) is 46.5 Å². The van der Waals surface area contributed by atoms with E-state index in [1.807, 2.05) is 43.3 Å². The third-order valence-electron chi connectivity index (χ3n) is 5.00. The molecule has 2 aromatic rings. The number of Topliss-reactive ketones (excluding diaryl/α,β-unsaturated/α-hetero) is 1. The fraction of sp³-hybridized carbons (Fsp3) is 0.348. The van der Waals surface area contributed by atoms with E-state index in [1.54, 1.807) is 27.7 Å². The Morgan fingerprint density at radius 3 is 2.30 bits per heavy atom. The number of carbonyl (C=O) groups is 1. The Kier molecular flexibility index (Phi) is 4.96. The van der Waals surface area contributed by atoms with Gasteiger partial charge in [0.1, 0.15) is 17.0 Å². The zero-order valence-electron chi connectivity index (χ0n) is 16.4. The van der Waals surface area contributed by atoms with Crippen LogP contribution < -0.4 is 0 Å². The first-order valence-electron chi connectivity index (χ1n) is 9.15. The lowest BCUT2D eigenvalue weighted by Gasteiger charge is -2.40. The molecule has 0 radical (unpaired) electrons. The number of aliphatic hydroxyl groups is 1. The summed E-state index contributed by atoms with van der Waals surface area (Å²) in [6.45, 7) is 9.09. The molecule has 0 aliphatic carbocycles. The molecule has 0 spiro atoms. The standard InChI is InChI=1S/C23H25ClO3/c1-6-14-12-16(15-8-7-9-17(24)13-15)10-11-18(14)19-20(25)22(2,3)27-23(4,5)21(19)26/h7-13,25H,6H2,1-5H3. The van der Waals surface area contributed by atoms with Gasteiger partial charge in [0.05, 0.1) is 5.57 Å². The molecule has 0 saturated heterocycles. The number of aryl methyl sites for hydroxylation is 1. The number of carbonyl (C=O) groups excluding carboxylic acids is 1. The van der Waals surface area contributed by atoms with Crippen LogP contribution in [0.25, 0.3) is 16.7 Å². The highest BCUT2D eigenvalue weighted by Gasteiger charge is 2.47. The van der Waals surface area contributed by atoms with Crippen molar-refractivity contribution in [2.75, 3.05) is 0 Å². The summed E-state index contributed by atoms with van der Waals surface area (Å²) in [7, 11) is 0. The van der Waals surface area contributed by atoms with Gasteiger partial charge in [-0.15, -0.1) is 0 Å². The fourth-order valence-corrected chi connectivity index (χ4v) is 3.86. The Bertz CT molecular complexity index is 938. The molecule has 1 aliphatic rings. The third kappa shape index (κ3) is 3.54. The third-order valence-corrected chi connectivity index (χ3v) is 5.24. The highest BCUT2D eigenvalue weighted by atomic mass is 35.5. The summed E-state index contributed by atoms with van der Waals surface area (Å²) in [6.07, 6.45) is 0.732. The number of rotatable bonds is 3. The second-order valence-electron chi connectivity index (χ2n) is 7.91. The molecule has 0 amide bonds. The summed E-state index contributed by atoms with van der Waals surface area (Å²) in [5.74, 6) is -0.221. The number of aliphatic hydroxyl groups excluding tert-OH is 1. The van der Waals surface area contributed by atoms with Crippen LogP contribution in [0.4, 0.5) is 0 Å². The Morgan fingerprint density at radius 1 is 1.00 bits per heavy atom. The summed E-state index contributed by atoms with van der Waals surface area (Å²) in [4.78, 5) is 13.1. The summed E-state index contributed by atoms with van der Waals surface area (Å²) < 4.78 is 5.85. The Labute approximate surface area is 165 Å². The van der Waals surface area contributed by atoms with Gasteiger partial charge in [0.2, 0.25) is 0 Å². The minimum atomic E-state index is -0.998. The van der Waals surface area contributed by atoms with Crippen molar-refractivity contribution in [3.63, 3.8) is 0 Å². The molecular weight excluding hydrogens is 360 g/mol. The minimum absolute atomic E-state index is 0.0166. The van der Waals surface area contributed by atoms with E-state index in [4.69, 9.17) is 16.3 Å². The van der Waals surface area contributed by atoms with Crippen LogP contribution >= 0.6 is 11.6 Å². The molecule has 0 unspecified atom stereocenters. The van der Waals surface area contributed by atoms with Gasteiger partial charge in [0.25, 0.3) is 0 Å². The van der Waals surface area contributed by atoms with Crippen molar-refractivity contribution in [2.45, 2.75) is 52.2 Å². The Balaban J connectivity index is 2.18. The fourth-order valence-electron chi connectivity index (χ4n) is 3.67. The van der Waals surface area contributed by atoms with Gasteiger partial charge in [-0.05, 0) is 68.5 Å². The molecule has 27 heavy (non-hydrogen) atoms. The van der Waals surface area contributed by atoms with E-state index in [0.717, 1.165) is 28.7 Å². The zero-order chi connectivity index (χ0) is 20.0. The predicted octanol–water partition coefficient (Wildman–Crippen LogP) is 6.00. The van der Waals surface area contributed by atoms with Gasteiger partial charge in [-0.2, -0.15) is 0 Å². The van der Waals surface area contributed by atoms with Crippen molar-refractivity contribution in [3.05, 3.63) is 64.4 Å². The maximum Gasteiger partial charge on any atom is 0.198 e. The van der Waals surface area contributed by atoms with Gasteiger partial charge in [-0.3, -0.25) is 4.79 Å². The van der Waals surface area contributed by atoms with Crippen molar-refractivity contribution >= 4 is 23.0 Å². The molecular formula is C23H25ClO3. The van der Waals surface area contributed by atoms with Gasteiger partial charge < -0.3 is 9.84 Å². The highest BCUT2D eigenvalue weighted by Crippen LogP contribution is 2.41. The number of ketones is 1. The average molecular weight is 385 g/mol. The second kappa shape index (κ2) is 6.81. The number of hydrogen-bond acceptors (Lipinski definition) is 3. The molecule has 1 heterocycles. The van der Waals surface area contributed by atoms with Gasteiger partial charge in [0, 0.05) is 5.02 Å². The maximum atomic E-state index is 13.1. The van der Waals surface area contributed by atoms with Crippen molar-refractivity contribution in [3.8, 4) is 11.1 Å². The monoisotopic (exact) mass is 384 g/mol. The van der Waals surface area contributed by atoms with E-state index in [2.05, 4.69) is 6.07 Å². The van der Waals surface area contributed by atoms with Crippen LogP contribution in [0.3, 0.4) is 0 Å². The predicted molar refractivity (Wildman–Crippen MR) is 110 cm³/mol. The molecule has 4 heteroatoms. The van der Waals surface area contributed by atoms with E-state index < -0.39 is 11.2 Å². The van der Waals surface area contributed by atoms with Crippen LogP contribution in [0.5, 0.6) is 0 Å². The molecule has 0 atom stereocenters. The first-order valence-corrected chi connectivity index (χ1v) is 9.52. The summed E-state index contributed by atoms with van der Waals surface area (Å²) >= 11 is 6.12. The van der Waals surface area contributed by atoms with E-state index in [9.17, 15) is 9.90 Å². The largest absolute Gasteiger partial charge is 0.508 e. The maximum absolute atomic E-state index is 13.1. The summed E-state index contributed by atoms with van der Waals surface area (Å²) in [5.41, 5.74) is 2.22. The normalized spacial score (nSPS) is 18.7. The minimum Gasteiger partial charge on any atom is -0.508 e. The van der Waals surface area contributed by atoms with Crippen LogP contribution in [0.15, 0.2) is 48.2 Å². The van der Waals surface area contributed by atoms with Crippen LogP contribution in [-0.2, 0) is 16.0 Å². The molecule has 142 valence electrons. The molecule has 1 aliphatic heterocycles. The van der Waals surface area contributed by atoms with Gasteiger partial charge in [0.15, 0.2) is 5.78 Å². The number of benzene rings is 2. The molecule has 3 rings (SSSR count). The Hall–Kier alpha value is -2.10. The molecule has 3 nitrogen and oxygen atoms in total. The molecule has 2 aromatic carbocycles. The van der Waals surface area contributed by atoms with Crippen molar-refractivity contribution in [1.29, 1.82) is 0 Å². The van der Waals surface area contributed by atoms with E-state index in [-0.39, 0.29) is 11.5 Å². The number of hydrogen-bond donors (Lipinski definition) is 1. The number of ether oxygens (including phenoxy) is 1. The van der Waals surface area contributed by atoms with E-state index in [0.29, 0.717) is 10.6 Å². The van der Waals surface area contributed by atoms with Crippen LogP contribution in [0.1, 0.15) is 45.7 Å². The second-order valence-corrected chi connectivity index (χ2v) is 8.35. The lowest BCUT2D eigenvalue weighted by atomic mass is 9.81. The summed E-state index contributed by atoms with van der Waals surface area (Å²) in [6, 6.07) is 13.6. The number of halogens is 1. The smallest absolute Gasteiger partial charge is 0.198 e. The average Bonchev–Trinajstić information content (AvgIpc) is 2.60. The molecule has 0 aromatic heterocycles. The van der Waals surface area contributed by atoms with Crippen LogP contribution in [0.2, 0.25) is 5.02 Å². The Morgan fingerprint density at radius 2 is 1.67 bits per heavy atom. The van der Waals surface area contributed by atoms with Crippen molar-refractivity contribution in [1.82, 2.24) is 0 Å².